The molecule has 6 atom stereocenters. The fourth-order valence-electron chi connectivity index (χ4n) is 12.0. The van der Waals surface area contributed by atoms with Crippen molar-refractivity contribution in [3.8, 4) is 0 Å². The van der Waals surface area contributed by atoms with Gasteiger partial charge in [0.1, 0.15) is 11.4 Å². The smallest absolute Gasteiger partial charge is 0.373 e. The second-order valence-electron chi connectivity index (χ2n) is 33.1. The van der Waals surface area contributed by atoms with E-state index < -0.39 is 8.32 Å². The van der Waals surface area contributed by atoms with Crippen molar-refractivity contribution in [2.75, 3.05) is 98.3 Å². The minimum Gasteiger partial charge on any atom is -0.405 e. The fraction of sp³-hybridized carbons (Fsp3) is 0.652. The molecular weight excluding hydrogens is 2300 g/mol. The van der Waals surface area contributed by atoms with Crippen LogP contribution in [-0.4, -0.2) is 170 Å². The van der Waals surface area contributed by atoms with Crippen molar-refractivity contribution < 1.29 is 18.8 Å². The van der Waals surface area contributed by atoms with Gasteiger partial charge in [-0.2, -0.15) is 9.59 Å². The Morgan fingerprint density at radius 1 is 0.586 bits per heavy atom. The van der Waals surface area contributed by atoms with Crippen LogP contribution in [0.5, 0.6) is 0 Å². The molecule has 0 aromatic heterocycles. The molecule has 2 aliphatic rings. The Kier molecular flexibility index (Phi) is 61.3. The maximum absolute atomic E-state index is 11.2. The van der Waals surface area contributed by atoms with Gasteiger partial charge in [0.15, 0.2) is 8.32 Å². The number of carbonyl (C=O) groups excluding carboxylic acids is 3. The van der Waals surface area contributed by atoms with Crippen molar-refractivity contribution in [3.63, 3.8) is 0 Å². The highest BCUT2D eigenvalue weighted by molar-refractivity contribution is 14.1. The Morgan fingerprint density at radius 3 is 1.35 bits per heavy atom. The maximum atomic E-state index is 11.2. The van der Waals surface area contributed by atoms with E-state index in [4.69, 9.17) is 20.6 Å². The quantitative estimate of drug-likeness (QED) is 0.0244. The number of hydrogen-bond acceptors (Lipinski definition) is 12. The summed E-state index contributed by atoms with van der Waals surface area (Å²) in [7, 11) is 13.0. The molecular formula is C89H143I8N9O4Si. The number of rotatable bonds is 27. The van der Waals surface area contributed by atoms with Crippen LogP contribution in [0.15, 0.2) is 137 Å². The van der Waals surface area contributed by atoms with Gasteiger partial charge in [0, 0.05) is 164 Å². The van der Waals surface area contributed by atoms with Gasteiger partial charge in [-0.05, 0) is 127 Å². The van der Waals surface area contributed by atoms with Crippen molar-refractivity contribution >= 4 is 253 Å². The summed E-state index contributed by atoms with van der Waals surface area (Å²) in [5.74, 6) is 1.10. The molecule has 0 spiro atoms. The Morgan fingerprint density at radius 2 is 1.04 bits per heavy atom. The van der Waals surface area contributed by atoms with Gasteiger partial charge in [-0.1, -0.05) is 388 Å². The second-order valence-corrected chi connectivity index (χ2v) is 43.9. The summed E-state index contributed by atoms with van der Waals surface area (Å²) < 4.78 is 15.1. The van der Waals surface area contributed by atoms with Crippen LogP contribution in [0.1, 0.15) is 201 Å². The van der Waals surface area contributed by atoms with Gasteiger partial charge in [-0.3, -0.25) is 44.7 Å². The molecule has 0 heterocycles. The van der Waals surface area contributed by atoms with Crippen molar-refractivity contribution in [2.24, 2.45) is 89.2 Å². The summed E-state index contributed by atoms with van der Waals surface area (Å²) in [5.41, 5.74) is 14.5. The summed E-state index contributed by atoms with van der Waals surface area (Å²) in [6.45, 7) is 57.4. The lowest BCUT2D eigenvalue weighted by atomic mass is 9.71. The average Bonchev–Trinajstić information content (AvgIpc) is 1.57. The van der Waals surface area contributed by atoms with Crippen LogP contribution >= 0.6 is 181 Å². The van der Waals surface area contributed by atoms with Crippen molar-refractivity contribution in [2.45, 2.75) is 214 Å². The number of alkyl halides is 8. The molecule has 3 aromatic carbocycles. The van der Waals surface area contributed by atoms with E-state index in [2.05, 4.69) is 442 Å². The highest BCUT2D eigenvalue weighted by Gasteiger charge is 2.58. The highest BCUT2D eigenvalue weighted by atomic mass is 127. The monoisotopic (exact) mass is 2450 g/mol. The van der Waals surface area contributed by atoms with Gasteiger partial charge in [0.05, 0.1) is 16.8 Å². The number of benzene rings is 3. The molecule has 0 radical (unpaired) electrons. The molecule has 2 saturated carbocycles. The van der Waals surface area contributed by atoms with Crippen LogP contribution in [0.4, 0.5) is 0 Å². The second kappa shape index (κ2) is 58.3. The van der Waals surface area contributed by atoms with E-state index in [0.29, 0.717) is 22.8 Å². The van der Waals surface area contributed by atoms with E-state index in [1.807, 2.05) is 80.4 Å². The van der Waals surface area contributed by atoms with Gasteiger partial charge >= 0.3 is 6.15 Å². The molecule has 22 heteroatoms. The van der Waals surface area contributed by atoms with Crippen molar-refractivity contribution in [1.29, 1.82) is 0 Å². The van der Waals surface area contributed by atoms with E-state index in [1.165, 1.54) is 64.1 Å². The summed E-state index contributed by atoms with van der Waals surface area (Å²) in [4.78, 5) is 65.4. The predicted octanol–water partition coefficient (Wildman–Crippen LogP) is 26.8. The normalized spacial score (nSPS) is 19.1. The van der Waals surface area contributed by atoms with Crippen LogP contribution in [-0.2, 0) is 25.2 Å². The summed E-state index contributed by atoms with van der Waals surface area (Å²) in [6.07, 6.45) is 13.3. The molecule has 0 N–H and O–H groups in total. The Balaban J connectivity index is -0.000000594. The van der Waals surface area contributed by atoms with Gasteiger partial charge in [-0.25, -0.2) is 6.57 Å². The topological polar surface area (TPSA) is 164 Å². The molecule has 3 aromatic rings. The SMILES string of the molecule is CCC(CI)(Cc1ccccc1)C(C)=NC.CCCC(=NC)C(C)(C)CI.CN=C(/C=C/c1ccccc1)C(C)(C)CI.CN=C(C)C(C)(C)CI.CN=C(C)C(C)(CI)C(C)=O.CN=C(c1ccccc1)C(C)(CI)O[Si](C)(C)C(C)(C)C.CN=C1C(C)(CI)[C@@H]2CC[C@@]1(C)C2.O=C=O.[C-]#[N+]CC(=NC)C(C)(C)CI. The van der Waals surface area contributed by atoms with Gasteiger partial charge in [-0.15, -0.1) is 0 Å². The predicted molar refractivity (Wildman–Crippen MR) is 564 cm³/mol. The third-order valence-electron chi connectivity index (χ3n) is 21.8. The molecule has 0 aliphatic heterocycles. The van der Waals surface area contributed by atoms with Crippen LogP contribution in [0, 0.1) is 55.8 Å². The number of carbonyl (C=O) groups is 1. The number of hydrogen-bond donors (Lipinski definition) is 0. The first-order valence-corrected chi connectivity index (χ1v) is 53.1. The van der Waals surface area contributed by atoms with Crippen LogP contribution in [0.2, 0.25) is 18.1 Å². The molecule has 13 nitrogen and oxygen atoms in total. The fourth-order valence-corrected chi connectivity index (χ4v) is 19.7. The first-order chi connectivity index (χ1) is 51.5. The lowest BCUT2D eigenvalue weighted by Gasteiger charge is -2.44. The Bertz CT molecular complexity index is 3520. The lowest BCUT2D eigenvalue weighted by molar-refractivity contribution is -0.191. The van der Waals surface area contributed by atoms with E-state index in [-0.39, 0.29) is 49.6 Å². The molecule has 628 valence electrons. The zero-order chi connectivity index (χ0) is 87.1. The number of ketones is 1. The standard InChI is InChI=1S/C17H28INOSi.C14H18IN.C14H20IN.C11H18IN.C9H18IN.C8H13IN2.C8H14INO.C7H14IN.CO2/c1-16(2,3)21(6,7)20-17(4,13-18)15(19-5)14-11-9-8-10-12-14;1-14(2,11-15)13(16-3)10-9-12-7-5-4-6-8-12;1-4-14(11-15,12(2)16-3)10-13-8-6-5-7-9-13;1-10-5-4-8(6-10)11(2,7-12)9(10)13-3;1-5-6-8(11-4)9(2,3)7-10;1-8(2,6-9)7(11-4)5-10-3;1-6(10-4)8(3,5-9)7(2)11;1-6(9-4)7(2,3)5-8;2-1-3/h8-12H,13H2,1-7H3;4-10H,11H2,1-3H3;5-9H,4,10-11H2,1-3H3;8H,4-7H2,1-3H3;5-7H2,1-4H3;5-6H2,1-2,4H3;5H2,1-4H3;5H2,1-4H3;/b;10-9+,16-13?;;;;;;;/t;;;8-,10+,11?;;;;;/m...1...../s1. The Labute approximate surface area is 788 Å². The van der Waals surface area contributed by atoms with E-state index in [1.54, 1.807) is 21.0 Å². The van der Waals surface area contributed by atoms with Crippen molar-refractivity contribution in [3.05, 3.63) is 125 Å². The number of allylic oxidation sites excluding steroid dienone is 1. The number of aliphatic imine (C=N–C) groups is 8. The number of fused-ring (bicyclic) bond motifs is 2. The third-order valence-corrected chi connectivity index (χ3v) is 40.0. The van der Waals surface area contributed by atoms with Crippen LogP contribution in [0.25, 0.3) is 10.9 Å². The maximum Gasteiger partial charge on any atom is 0.373 e. The number of Topliss-reactive ketones (excluding diaryl/α,β-unsaturated/α-hetero) is 1. The van der Waals surface area contributed by atoms with Gasteiger partial charge < -0.3 is 9.27 Å². The molecule has 111 heavy (non-hydrogen) atoms. The molecule has 2 aliphatic carbocycles. The van der Waals surface area contributed by atoms with Gasteiger partial charge in [0.25, 0.3) is 6.54 Å². The summed E-state index contributed by atoms with van der Waals surface area (Å²) >= 11 is 19.2. The zero-order valence-electron chi connectivity index (χ0n) is 73.9. The largest absolute Gasteiger partial charge is 0.405 e. The lowest BCUT2D eigenvalue weighted by Crippen LogP contribution is -2.53. The third kappa shape index (κ3) is 39.6. The molecule has 2 bridgehead atoms. The van der Waals surface area contributed by atoms with Crippen molar-refractivity contribution in [1.82, 2.24) is 0 Å². The summed E-state index contributed by atoms with van der Waals surface area (Å²) in [6, 6.07) is 31.4. The zero-order valence-corrected chi connectivity index (χ0v) is 92.1. The van der Waals surface area contributed by atoms with E-state index >= 15 is 0 Å². The van der Waals surface area contributed by atoms with Crippen LogP contribution in [0.3, 0.4) is 0 Å². The summed E-state index contributed by atoms with van der Waals surface area (Å²) in [5, 5.41) is 0.190. The molecule has 4 unspecified atom stereocenters. The average molecular weight is 2450 g/mol. The van der Waals surface area contributed by atoms with E-state index in [9.17, 15) is 4.79 Å². The Hall–Kier alpha value is -0.683. The number of halogens is 8. The van der Waals surface area contributed by atoms with E-state index in [0.717, 1.165) is 84.6 Å². The molecule has 0 saturated heterocycles. The van der Waals surface area contributed by atoms with Gasteiger partial charge in [0.2, 0.25) is 0 Å². The molecule has 0 amide bonds. The minimum atomic E-state index is -1.86. The molecule has 5 rings (SSSR count). The minimum absolute atomic E-state index is 0.0832. The highest BCUT2D eigenvalue weighted by Crippen LogP contribution is 2.61. The first kappa shape index (κ1) is 117. The number of nitrogens with zero attached hydrogens (tertiary/aromatic N) is 9. The van der Waals surface area contributed by atoms with Crippen LogP contribution < -0.4 is 0 Å². The first-order valence-electron chi connectivity index (χ1n) is 38.0. The molecule has 2 fully saturated rings.